The van der Waals surface area contributed by atoms with Gasteiger partial charge >= 0.3 is 6.85 Å². The maximum atomic E-state index is 2.63. The molecule has 3 heterocycles. The summed E-state index contributed by atoms with van der Waals surface area (Å²) in [5, 5.41) is 0. The third kappa shape index (κ3) is 6.39. The zero-order valence-electron chi connectivity index (χ0n) is 39.6. The normalized spacial score (nSPS) is 14.3. The van der Waals surface area contributed by atoms with Crippen LogP contribution >= 0.6 is 0 Å². The summed E-state index contributed by atoms with van der Waals surface area (Å²) in [5.41, 5.74) is 25.1. The first-order valence-corrected chi connectivity index (χ1v) is 23.4. The lowest BCUT2D eigenvalue weighted by Crippen LogP contribution is -2.62. The fourth-order valence-corrected chi connectivity index (χ4v) is 11.2. The van der Waals surface area contributed by atoms with E-state index < -0.39 is 0 Å². The van der Waals surface area contributed by atoms with E-state index in [1.807, 2.05) is 0 Å². The van der Waals surface area contributed by atoms with E-state index in [2.05, 4.69) is 254 Å². The standard InChI is InChI=1S/C61H58BN3/c1-39-18-16-19-40(2)56(39)41-36-49-48-38-47(63(44-30-26-42(27-31-44)59(3,4)5)45-32-28-43(29-33-45)60(6,7)8)34-35-53(48)65(46-20-12-11-13-21-46)62-52-24-17-23-51-58(52)64(55(37-41)57(49)62)54-25-15-14-22-50(54)61(51,9)10/h11-38H,1-10H3. The van der Waals surface area contributed by atoms with E-state index >= 15 is 0 Å². The summed E-state index contributed by atoms with van der Waals surface area (Å²) in [6.07, 6.45) is 0. The summed E-state index contributed by atoms with van der Waals surface area (Å²) >= 11 is 0. The molecule has 0 amide bonds. The highest BCUT2D eigenvalue weighted by Crippen LogP contribution is 2.56. The fourth-order valence-electron chi connectivity index (χ4n) is 11.2. The van der Waals surface area contributed by atoms with Crippen LogP contribution in [0.1, 0.15) is 88.8 Å². The quantitative estimate of drug-likeness (QED) is 0.160. The molecule has 65 heavy (non-hydrogen) atoms. The minimum absolute atomic E-state index is 0.0462. The molecule has 0 bridgehead atoms. The number of aryl methyl sites for hydroxylation is 2. The number of hydrogen-bond acceptors (Lipinski definition) is 3. The van der Waals surface area contributed by atoms with Crippen LogP contribution in [0.15, 0.2) is 170 Å². The molecule has 320 valence electrons. The van der Waals surface area contributed by atoms with Crippen LogP contribution in [0.5, 0.6) is 0 Å². The van der Waals surface area contributed by atoms with Gasteiger partial charge in [-0.1, -0.05) is 152 Å². The molecule has 0 N–H and O–H groups in total. The average Bonchev–Trinajstić information content (AvgIpc) is 3.29. The molecule has 8 aromatic carbocycles. The summed E-state index contributed by atoms with van der Waals surface area (Å²) < 4.78 is 0. The van der Waals surface area contributed by atoms with Crippen molar-refractivity contribution in [2.45, 2.75) is 85.5 Å². The summed E-state index contributed by atoms with van der Waals surface area (Å²) in [5.74, 6) is 0. The summed E-state index contributed by atoms with van der Waals surface area (Å²) in [6, 6.07) is 64.6. The molecule has 0 atom stereocenters. The van der Waals surface area contributed by atoms with Gasteiger partial charge in [0.05, 0.1) is 5.69 Å². The van der Waals surface area contributed by atoms with Gasteiger partial charge in [0.25, 0.3) is 0 Å². The van der Waals surface area contributed by atoms with Gasteiger partial charge in [-0.3, -0.25) is 0 Å². The SMILES string of the molecule is Cc1cccc(C)c1-c1cc2c3c(c1)N1c4ccccc4C(C)(C)c4cccc(c41)B3N(c1ccccc1)c1ccc(N(c3ccc(C(C)(C)C)cc3)c3ccc(C(C)(C)C)cc3)cc1-2. The van der Waals surface area contributed by atoms with E-state index in [-0.39, 0.29) is 23.1 Å². The molecule has 0 aliphatic carbocycles. The van der Waals surface area contributed by atoms with Crippen molar-refractivity contribution >= 4 is 63.3 Å². The second kappa shape index (κ2) is 14.6. The summed E-state index contributed by atoms with van der Waals surface area (Å²) in [4.78, 5) is 7.70. The third-order valence-electron chi connectivity index (χ3n) is 14.6. The van der Waals surface area contributed by atoms with E-state index in [1.165, 1.54) is 95.0 Å². The van der Waals surface area contributed by atoms with Crippen molar-refractivity contribution in [2.75, 3.05) is 14.6 Å². The Bertz CT molecular complexity index is 3090. The number of rotatable bonds is 5. The number of para-hydroxylation sites is 3. The van der Waals surface area contributed by atoms with Gasteiger partial charge in [-0.15, -0.1) is 0 Å². The highest BCUT2D eigenvalue weighted by atomic mass is 15.2. The number of benzene rings is 8. The van der Waals surface area contributed by atoms with E-state index in [9.17, 15) is 0 Å². The largest absolute Gasteiger partial charge is 0.376 e. The van der Waals surface area contributed by atoms with Gasteiger partial charge in [0.1, 0.15) is 0 Å². The first kappa shape index (κ1) is 41.0. The third-order valence-corrected chi connectivity index (χ3v) is 14.6. The van der Waals surface area contributed by atoms with E-state index in [0.29, 0.717) is 0 Å². The molecule has 0 saturated carbocycles. The molecule has 0 unspecified atom stereocenters. The maximum absolute atomic E-state index is 2.63. The zero-order chi connectivity index (χ0) is 45.2. The first-order valence-electron chi connectivity index (χ1n) is 23.4. The lowest BCUT2D eigenvalue weighted by atomic mass is 9.42. The van der Waals surface area contributed by atoms with Crippen LogP contribution in [0.4, 0.5) is 45.5 Å². The van der Waals surface area contributed by atoms with Gasteiger partial charge in [0.2, 0.25) is 0 Å². The van der Waals surface area contributed by atoms with E-state index in [0.717, 1.165) is 17.1 Å². The lowest BCUT2D eigenvalue weighted by Gasteiger charge is -2.50. The molecule has 3 aliphatic rings. The Morgan fingerprint density at radius 2 is 1.06 bits per heavy atom. The molecule has 3 aliphatic heterocycles. The Kier molecular flexibility index (Phi) is 9.22. The summed E-state index contributed by atoms with van der Waals surface area (Å²) in [6.45, 7) is 23.0. The molecule has 11 rings (SSSR count). The molecule has 0 saturated heterocycles. The van der Waals surface area contributed by atoms with Crippen molar-refractivity contribution in [2.24, 2.45) is 0 Å². The van der Waals surface area contributed by atoms with Crippen LogP contribution in [0, 0.1) is 13.8 Å². The minimum atomic E-state index is -0.193. The Hall–Kier alpha value is -6.78. The molecular formula is C61H58BN3. The van der Waals surface area contributed by atoms with Gasteiger partial charge < -0.3 is 14.6 Å². The van der Waals surface area contributed by atoms with Gasteiger partial charge in [-0.25, -0.2) is 0 Å². The van der Waals surface area contributed by atoms with Crippen molar-refractivity contribution in [1.29, 1.82) is 0 Å². The highest BCUT2D eigenvalue weighted by molar-refractivity contribution is 6.93. The van der Waals surface area contributed by atoms with Crippen LogP contribution < -0.4 is 25.5 Å². The van der Waals surface area contributed by atoms with Crippen molar-refractivity contribution in [3.63, 3.8) is 0 Å². The molecule has 0 fully saturated rings. The van der Waals surface area contributed by atoms with E-state index in [1.54, 1.807) is 0 Å². The lowest BCUT2D eigenvalue weighted by molar-refractivity contribution is 0.590. The van der Waals surface area contributed by atoms with Crippen molar-refractivity contribution in [1.82, 2.24) is 0 Å². The molecule has 8 aromatic rings. The fraction of sp³-hybridized carbons (Fsp3) is 0.213. The van der Waals surface area contributed by atoms with E-state index in [4.69, 9.17) is 0 Å². The molecular weight excluding hydrogens is 786 g/mol. The zero-order valence-corrected chi connectivity index (χ0v) is 39.6. The average molecular weight is 844 g/mol. The predicted octanol–water partition coefficient (Wildman–Crippen LogP) is 15.4. The number of anilines is 8. The number of hydrogen-bond donors (Lipinski definition) is 0. The van der Waals surface area contributed by atoms with Crippen LogP contribution in [0.2, 0.25) is 0 Å². The molecule has 0 aromatic heterocycles. The van der Waals surface area contributed by atoms with Gasteiger partial charge in [0, 0.05) is 50.8 Å². The molecule has 4 heteroatoms. The Balaban J connectivity index is 1.23. The van der Waals surface area contributed by atoms with Crippen molar-refractivity contribution in [3.05, 3.63) is 203 Å². The molecule has 0 radical (unpaired) electrons. The smallest absolute Gasteiger partial charge is 0.333 e. The Morgan fingerprint density at radius 1 is 0.492 bits per heavy atom. The number of fused-ring (bicyclic) bond motifs is 6. The number of nitrogens with zero attached hydrogens (tertiary/aromatic N) is 3. The minimum Gasteiger partial charge on any atom is -0.376 e. The topological polar surface area (TPSA) is 9.72 Å². The Morgan fingerprint density at radius 3 is 1.69 bits per heavy atom. The predicted molar refractivity (Wildman–Crippen MR) is 279 cm³/mol. The van der Waals surface area contributed by atoms with Gasteiger partial charge in [-0.05, 0) is 158 Å². The second-order valence-electron chi connectivity index (χ2n) is 21.2. The van der Waals surface area contributed by atoms with Gasteiger partial charge in [0.15, 0.2) is 0 Å². The maximum Gasteiger partial charge on any atom is 0.333 e. The van der Waals surface area contributed by atoms with Crippen LogP contribution in [0.3, 0.4) is 0 Å². The van der Waals surface area contributed by atoms with Gasteiger partial charge in [-0.2, -0.15) is 0 Å². The molecule has 3 nitrogen and oxygen atoms in total. The van der Waals surface area contributed by atoms with Crippen LogP contribution in [-0.4, -0.2) is 6.85 Å². The molecule has 0 spiro atoms. The second-order valence-corrected chi connectivity index (χ2v) is 21.2. The summed E-state index contributed by atoms with van der Waals surface area (Å²) in [7, 11) is 0. The van der Waals surface area contributed by atoms with Crippen LogP contribution in [0.25, 0.3) is 22.3 Å². The van der Waals surface area contributed by atoms with Crippen LogP contribution in [-0.2, 0) is 16.2 Å². The van der Waals surface area contributed by atoms with Crippen molar-refractivity contribution < 1.29 is 0 Å². The first-order chi connectivity index (χ1) is 31.1. The monoisotopic (exact) mass is 843 g/mol. The highest BCUT2D eigenvalue weighted by Gasteiger charge is 2.49. The van der Waals surface area contributed by atoms with Crippen molar-refractivity contribution in [3.8, 4) is 22.3 Å². The Labute approximate surface area is 387 Å².